The van der Waals surface area contributed by atoms with Crippen LogP contribution in [-0.2, 0) is 10.1 Å². The van der Waals surface area contributed by atoms with Crippen LogP contribution in [0, 0.1) is 6.92 Å². The highest BCUT2D eigenvalue weighted by Crippen LogP contribution is 2.32. The highest BCUT2D eigenvalue weighted by molar-refractivity contribution is 7.85. The molecule has 0 aliphatic heterocycles. The Kier molecular flexibility index (Phi) is 6.73. The van der Waals surface area contributed by atoms with E-state index in [-0.39, 0.29) is 10.6 Å². The first-order valence-corrected chi connectivity index (χ1v) is 10.5. The van der Waals surface area contributed by atoms with Gasteiger partial charge in [-0.05, 0) is 73.2 Å². The topological polar surface area (TPSA) is 122 Å². The van der Waals surface area contributed by atoms with Crippen molar-refractivity contribution in [2.45, 2.75) is 11.8 Å². The monoisotopic (exact) mass is 440 g/mol. The smallest absolute Gasteiger partial charge is 0.294 e. The van der Waals surface area contributed by atoms with Gasteiger partial charge >= 0.3 is 0 Å². The van der Waals surface area contributed by atoms with Crippen molar-refractivity contribution in [2.24, 2.45) is 20.5 Å². The van der Waals surface area contributed by atoms with Gasteiger partial charge in [0.25, 0.3) is 10.1 Å². The second kappa shape index (κ2) is 9.45. The quantitative estimate of drug-likeness (QED) is 0.352. The lowest BCUT2D eigenvalue weighted by Crippen LogP contribution is -1.97. The molecule has 10 heteroatoms. The largest absolute Gasteiger partial charge is 0.497 e. The predicted octanol–water partition coefficient (Wildman–Crippen LogP) is 6.09. The Morgan fingerprint density at radius 2 is 1.35 bits per heavy atom. The Hall–Kier alpha value is -3.63. The van der Waals surface area contributed by atoms with Crippen LogP contribution in [0.2, 0.25) is 0 Å². The van der Waals surface area contributed by atoms with Crippen molar-refractivity contribution >= 4 is 32.9 Å². The number of aryl methyl sites for hydroxylation is 1. The third-order valence-corrected chi connectivity index (χ3v) is 5.10. The second-order valence-corrected chi connectivity index (χ2v) is 7.80. The molecular weight excluding hydrogens is 420 g/mol. The Morgan fingerprint density at radius 3 is 1.87 bits per heavy atom. The van der Waals surface area contributed by atoms with Gasteiger partial charge in [-0.1, -0.05) is 0 Å². The van der Waals surface area contributed by atoms with E-state index in [1.54, 1.807) is 31.4 Å². The highest BCUT2D eigenvalue weighted by Gasteiger charge is 2.13. The van der Waals surface area contributed by atoms with Gasteiger partial charge in [0.2, 0.25) is 0 Å². The van der Waals surface area contributed by atoms with Gasteiger partial charge < -0.3 is 9.47 Å². The minimum atomic E-state index is -4.36. The molecule has 0 aromatic heterocycles. The van der Waals surface area contributed by atoms with E-state index in [4.69, 9.17) is 9.47 Å². The lowest BCUT2D eigenvalue weighted by molar-refractivity contribution is 0.414. The van der Waals surface area contributed by atoms with Crippen molar-refractivity contribution in [3.05, 3.63) is 66.2 Å². The van der Waals surface area contributed by atoms with Crippen LogP contribution in [0.25, 0.3) is 0 Å². The maximum atomic E-state index is 11.3. The average molecular weight is 440 g/mol. The number of benzene rings is 3. The Balaban J connectivity index is 1.77. The Labute approximate surface area is 179 Å². The minimum Gasteiger partial charge on any atom is -0.497 e. The SMILES string of the molecule is COc1ccc(N=Nc2ccc(N=Nc3cc(S(=O)(=O)O)ccc3OC)cc2)c(C)c1. The molecule has 0 heterocycles. The molecule has 160 valence electrons. The summed E-state index contributed by atoms with van der Waals surface area (Å²) in [6.45, 7) is 1.92. The number of nitrogens with zero attached hydrogens (tertiary/aromatic N) is 4. The van der Waals surface area contributed by atoms with Gasteiger partial charge in [0.1, 0.15) is 17.2 Å². The van der Waals surface area contributed by atoms with E-state index in [0.29, 0.717) is 17.1 Å². The number of rotatable bonds is 7. The molecular formula is C21H20N4O5S. The molecule has 0 bridgehead atoms. The van der Waals surface area contributed by atoms with E-state index in [2.05, 4.69) is 20.5 Å². The van der Waals surface area contributed by atoms with Crippen molar-refractivity contribution in [1.29, 1.82) is 0 Å². The summed E-state index contributed by atoms with van der Waals surface area (Å²) in [5.41, 5.74) is 2.97. The van der Waals surface area contributed by atoms with Crippen LogP contribution in [-0.4, -0.2) is 27.2 Å². The summed E-state index contributed by atoms with van der Waals surface area (Å²) < 4.78 is 42.2. The summed E-state index contributed by atoms with van der Waals surface area (Å²) in [6.07, 6.45) is 0. The minimum absolute atomic E-state index is 0.163. The molecule has 0 fully saturated rings. The number of methoxy groups -OCH3 is 2. The van der Waals surface area contributed by atoms with Gasteiger partial charge in [-0.3, -0.25) is 4.55 Å². The second-order valence-electron chi connectivity index (χ2n) is 6.38. The van der Waals surface area contributed by atoms with Gasteiger partial charge in [0.05, 0.1) is 36.2 Å². The number of hydrogen-bond acceptors (Lipinski definition) is 8. The molecule has 0 saturated heterocycles. The predicted molar refractivity (Wildman–Crippen MR) is 115 cm³/mol. The fraction of sp³-hybridized carbons (Fsp3) is 0.143. The first-order valence-electron chi connectivity index (χ1n) is 9.04. The molecule has 1 N–H and O–H groups in total. The number of ether oxygens (including phenoxy) is 2. The van der Waals surface area contributed by atoms with E-state index in [1.807, 2.05) is 25.1 Å². The maximum Gasteiger partial charge on any atom is 0.294 e. The fourth-order valence-corrected chi connectivity index (χ4v) is 3.09. The van der Waals surface area contributed by atoms with Crippen LogP contribution in [0.3, 0.4) is 0 Å². The molecule has 3 aromatic carbocycles. The lowest BCUT2D eigenvalue weighted by Gasteiger charge is -2.05. The van der Waals surface area contributed by atoms with Gasteiger partial charge in [-0.15, -0.1) is 5.11 Å². The van der Waals surface area contributed by atoms with Crippen molar-refractivity contribution < 1.29 is 22.4 Å². The molecule has 9 nitrogen and oxygen atoms in total. The third kappa shape index (κ3) is 5.71. The van der Waals surface area contributed by atoms with Gasteiger partial charge in [0, 0.05) is 0 Å². The van der Waals surface area contributed by atoms with Crippen molar-refractivity contribution in [3.8, 4) is 11.5 Å². The zero-order valence-corrected chi connectivity index (χ0v) is 17.9. The van der Waals surface area contributed by atoms with Crippen molar-refractivity contribution in [3.63, 3.8) is 0 Å². The molecule has 3 aromatic rings. The third-order valence-electron chi connectivity index (χ3n) is 4.25. The zero-order valence-electron chi connectivity index (χ0n) is 17.1. The molecule has 0 spiro atoms. The average Bonchev–Trinajstić information content (AvgIpc) is 2.76. The highest BCUT2D eigenvalue weighted by atomic mass is 32.2. The van der Waals surface area contributed by atoms with E-state index in [1.165, 1.54) is 25.3 Å². The summed E-state index contributed by atoms with van der Waals surface area (Å²) in [7, 11) is -1.33. The van der Waals surface area contributed by atoms with Crippen LogP contribution in [0.5, 0.6) is 11.5 Å². The first kappa shape index (κ1) is 22.1. The zero-order chi connectivity index (χ0) is 22.4. The van der Waals surface area contributed by atoms with Crippen LogP contribution in [0.1, 0.15) is 5.56 Å². The lowest BCUT2D eigenvalue weighted by atomic mass is 10.2. The number of hydrogen-bond donors (Lipinski definition) is 1. The fourth-order valence-electron chi connectivity index (χ4n) is 2.58. The van der Waals surface area contributed by atoms with E-state index < -0.39 is 10.1 Å². The van der Waals surface area contributed by atoms with Crippen LogP contribution in [0.15, 0.2) is 86.0 Å². The first-order chi connectivity index (χ1) is 14.8. The maximum absolute atomic E-state index is 11.3. The van der Waals surface area contributed by atoms with E-state index in [0.717, 1.165) is 17.0 Å². The Bertz CT molecular complexity index is 1240. The molecule has 31 heavy (non-hydrogen) atoms. The number of azo groups is 2. The van der Waals surface area contributed by atoms with Crippen LogP contribution in [0.4, 0.5) is 22.7 Å². The summed E-state index contributed by atoms with van der Waals surface area (Å²) in [6, 6.07) is 16.1. The van der Waals surface area contributed by atoms with E-state index in [9.17, 15) is 13.0 Å². The Morgan fingerprint density at radius 1 is 0.742 bits per heavy atom. The van der Waals surface area contributed by atoms with Crippen molar-refractivity contribution in [1.82, 2.24) is 0 Å². The molecule has 0 saturated carbocycles. The summed E-state index contributed by atoms with van der Waals surface area (Å²) in [5.74, 6) is 1.07. The molecule has 0 aliphatic rings. The molecule has 0 unspecified atom stereocenters. The standard InChI is InChI=1S/C21H20N4O5S/c1-14-12-17(29-2)8-10-19(14)24-22-15-4-6-16(7-5-15)23-25-20-13-18(31(26,27)28)9-11-21(20)30-3/h4-13H,1-3H3,(H,26,27,28). The molecule has 0 radical (unpaired) electrons. The van der Waals surface area contributed by atoms with Gasteiger partial charge in [-0.25, -0.2) is 0 Å². The van der Waals surface area contributed by atoms with Crippen LogP contribution < -0.4 is 9.47 Å². The molecule has 0 amide bonds. The normalized spacial score (nSPS) is 11.9. The molecule has 0 atom stereocenters. The summed E-state index contributed by atoms with van der Waals surface area (Å²) >= 11 is 0. The molecule has 0 aliphatic carbocycles. The van der Waals surface area contributed by atoms with Gasteiger partial charge in [-0.2, -0.15) is 23.8 Å². The summed E-state index contributed by atoms with van der Waals surface area (Å²) in [4.78, 5) is -0.299. The molecule has 3 rings (SSSR count). The van der Waals surface area contributed by atoms with Crippen molar-refractivity contribution in [2.75, 3.05) is 14.2 Å². The summed E-state index contributed by atoms with van der Waals surface area (Å²) in [5, 5.41) is 16.6. The van der Waals surface area contributed by atoms with E-state index >= 15 is 0 Å². The van der Waals surface area contributed by atoms with Gasteiger partial charge in [0.15, 0.2) is 0 Å². The van der Waals surface area contributed by atoms with Crippen LogP contribution >= 0.6 is 0 Å².